The molecule has 0 N–H and O–H groups in total. The molecule has 194 valence electrons. The van der Waals surface area contributed by atoms with Crippen LogP contribution in [0.4, 0.5) is 0 Å². The molecule has 18 heteroatoms. The Morgan fingerprint density at radius 2 is 1.05 bits per heavy atom. The van der Waals surface area contributed by atoms with Crippen LogP contribution in [0.5, 0.6) is 11.5 Å². The predicted molar refractivity (Wildman–Crippen MR) is 129 cm³/mol. The van der Waals surface area contributed by atoms with E-state index in [1.54, 1.807) is 36.8 Å². The van der Waals surface area contributed by atoms with E-state index in [-0.39, 0.29) is 173 Å². The van der Waals surface area contributed by atoms with Gasteiger partial charge in [0, 0.05) is 37.1 Å². The molecule has 0 fully saturated rings. The smallest absolute Gasteiger partial charge is 1.00 e. The molecule has 0 spiro atoms. The zero-order valence-electron chi connectivity index (χ0n) is 20.1. The summed E-state index contributed by atoms with van der Waals surface area (Å²) in [5.41, 5.74) is 2.63. The van der Waals surface area contributed by atoms with E-state index in [0.717, 1.165) is 11.1 Å². The Balaban J connectivity index is -0.000000225. The summed E-state index contributed by atoms with van der Waals surface area (Å²) in [6.45, 7) is 0. The second kappa shape index (κ2) is 31.1. The third-order valence-electron chi connectivity index (χ3n) is 3.58. The van der Waals surface area contributed by atoms with Crippen molar-refractivity contribution in [2.45, 2.75) is 6.42 Å². The summed E-state index contributed by atoms with van der Waals surface area (Å²) in [6, 6.07) is 9.94. The summed E-state index contributed by atoms with van der Waals surface area (Å²) < 4.78 is 0.781. The maximum atomic E-state index is 12.0. The Hall–Kier alpha value is 2.14. The first kappa shape index (κ1) is 55.1. The Morgan fingerprint density at radius 1 is 0.730 bits per heavy atom. The fourth-order valence-corrected chi connectivity index (χ4v) is 2.56. The van der Waals surface area contributed by atoms with Crippen LogP contribution in [-0.2, 0) is 90.7 Å². The van der Waals surface area contributed by atoms with E-state index in [2.05, 4.69) is 20.4 Å². The fraction of sp³-hybridized carbons (Fsp3) is 0.158. The number of nitrogens with zero attached hydrogens (tertiary/aromatic N) is 4. The molecule has 0 heterocycles. The van der Waals surface area contributed by atoms with Crippen molar-refractivity contribution in [3.63, 3.8) is 0 Å². The third kappa shape index (κ3) is 21.5. The molecule has 37 heavy (non-hydrogen) atoms. The number of hydrogen-bond acceptors (Lipinski definition) is 10. The first-order valence-electron chi connectivity index (χ1n) is 8.17. The van der Waals surface area contributed by atoms with Gasteiger partial charge in [-0.2, -0.15) is 20.4 Å². The van der Waals surface area contributed by atoms with Gasteiger partial charge in [-0.3, -0.25) is 0 Å². The normalized spacial score (nSPS) is 10.1. The van der Waals surface area contributed by atoms with Crippen LogP contribution < -0.4 is 113 Å². The first-order chi connectivity index (χ1) is 13.9. The van der Waals surface area contributed by atoms with Gasteiger partial charge >= 0.3 is 103 Å². The van der Waals surface area contributed by atoms with Crippen molar-refractivity contribution in [3.05, 3.63) is 58.7 Å². The van der Waals surface area contributed by atoms with Gasteiger partial charge in [0.25, 0.3) is 0 Å². The minimum absolute atomic E-state index is 0. The number of rotatable bonds is 6. The van der Waals surface area contributed by atoms with Crippen LogP contribution in [0.1, 0.15) is 22.3 Å². The number of benzene rings is 2. The van der Waals surface area contributed by atoms with Crippen molar-refractivity contribution in [1.29, 1.82) is 0 Å². The Kier molecular flexibility index (Phi) is 46.3. The van der Waals surface area contributed by atoms with Gasteiger partial charge in [0.2, 0.25) is 0 Å². The summed E-state index contributed by atoms with van der Waals surface area (Å²) >= 11 is 12.5. The molecule has 0 aliphatic rings. The second-order valence-corrected chi connectivity index (χ2v) is 8.43. The van der Waals surface area contributed by atoms with Crippen molar-refractivity contribution in [3.8, 4) is 11.5 Å². The van der Waals surface area contributed by atoms with Crippen LogP contribution in [0.25, 0.3) is 0 Å². The van der Waals surface area contributed by atoms with Gasteiger partial charge in [0.1, 0.15) is 0 Å². The van der Waals surface area contributed by atoms with E-state index in [9.17, 15) is 10.2 Å². The van der Waals surface area contributed by atoms with E-state index < -0.39 is 0 Å². The molecule has 0 aliphatic heterocycles. The van der Waals surface area contributed by atoms with E-state index >= 15 is 0 Å². The van der Waals surface area contributed by atoms with E-state index in [1.807, 2.05) is 0 Å². The van der Waals surface area contributed by atoms with Crippen LogP contribution in [0.2, 0.25) is 0 Å². The van der Waals surface area contributed by atoms with E-state index in [0.29, 0.717) is 26.3 Å². The quantitative estimate of drug-likeness (QED) is 0.0966. The van der Waals surface area contributed by atoms with Crippen LogP contribution in [-0.4, -0.2) is 33.7 Å². The maximum absolute atomic E-state index is 12.0. The minimum atomic E-state index is -0.156. The monoisotopic (exact) mass is 704 g/mol. The topological polar surface area (TPSA) is 210 Å². The summed E-state index contributed by atoms with van der Waals surface area (Å²) in [5.74, 6) is -0.311. The average molecular weight is 705 g/mol. The van der Waals surface area contributed by atoms with Gasteiger partial charge in [-0.05, 0) is 49.9 Å². The summed E-state index contributed by atoms with van der Waals surface area (Å²) in [5, 5.41) is 39.4. The molecule has 0 amide bonds. The van der Waals surface area contributed by atoms with Gasteiger partial charge < -0.3 is 57.4 Å². The van der Waals surface area contributed by atoms with Gasteiger partial charge in [-0.1, -0.05) is 47.9 Å². The zero-order valence-corrected chi connectivity index (χ0v) is 32.4. The molecule has 0 unspecified atom stereocenters. The minimum Gasteiger partial charge on any atom is -2.00 e. The molecule has 0 aliphatic carbocycles. The van der Waals surface area contributed by atoms with Crippen molar-refractivity contribution in [2.24, 2.45) is 20.4 Å². The number of thioether (sulfide) groups is 2. The van der Waals surface area contributed by atoms with E-state index in [4.69, 9.17) is 25.3 Å². The van der Waals surface area contributed by atoms with Crippen LogP contribution in [0.15, 0.2) is 56.8 Å². The molecular weight excluding hydrogens is 689 g/mol. The van der Waals surface area contributed by atoms with Crippen LogP contribution in [0, 0.1) is 0 Å². The Labute approximate surface area is 344 Å². The average Bonchev–Trinajstić information content (AvgIpc) is 2.72. The summed E-state index contributed by atoms with van der Waals surface area (Å²) in [4.78, 5) is 0. The molecule has 0 saturated heterocycles. The molecule has 2 aromatic carbocycles. The molecule has 2 rings (SSSR count). The van der Waals surface area contributed by atoms with Gasteiger partial charge in [-0.25, -0.2) is 0 Å². The van der Waals surface area contributed by atoms with E-state index in [1.165, 1.54) is 48.1 Å². The summed E-state index contributed by atoms with van der Waals surface area (Å²) in [7, 11) is 0. The molecule has 10 nitrogen and oxygen atoms in total. The van der Waals surface area contributed by atoms with Crippen molar-refractivity contribution < 1.29 is 172 Å². The third-order valence-corrected chi connectivity index (χ3v) is 5.60. The largest absolute Gasteiger partial charge is 2.00 e. The van der Waals surface area contributed by atoms with Crippen molar-refractivity contribution >= 4 is 70.0 Å². The van der Waals surface area contributed by atoms with Crippen molar-refractivity contribution in [2.75, 3.05) is 12.5 Å². The molecule has 0 saturated carbocycles. The fourth-order valence-electron chi connectivity index (χ4n) is 2.21. The molecule has 2 radical (unpaired) electrons. The van der Waals surface area contributed by atoms with Gasteiger partial charge in [-0.15, -0.1) is 23.5 Å². The zero-order chi connectivity index (χ0) is 21.2. The molecule has 0 aromatic heterocycles. The summed E-state index contributed by atoms with van der Waals surface area (Å²) in [6.07, 6.45) is 6.92. The first-order valence-corrected chi connectivity index (χ1v) is 11.4. The van der Waals surface area contributed by atoms with Gasteiger partial charge in [0.05, 0.1) is 12.4 Å². The molecule has 2 aromatic rings. The number of hydrogen-bond donors (Lipinski definition) is 0. The van der Waals surface area contributed by atoms with Gasteiger partial charge in [0.15, 0.2) is 0 Å². The standard InChI is InChI=1S/C19H20N4O2S4.2K.4O.2V/c1-28-18(26)22-20-10-14-8-12(3-5-16(14)24)7-13-4-6-17(25)15(9-13)11-21-23-19(27)29-2;;;;;;;;/h3-6,8-11,24-25H,7H2,1-2H3,(H,22,26)(H,23,27);;;;;;;;/q;2*+1;4*-2;;/p-4/b20-10+,21-11+;;;;;;;;. The molecular formula is C19H16K2N4O6S4V2-10. The Bertz CT molecular complexity index is 932. The van der Waals surface area contributed by atoms with Crippen molar-refractivity contribution in [1.82, 2.24) is 0 Å². The maximum Gasteiger partial charge on any atom is 1.00 e. The van der Waals surface area contributed by atoms with Crippen LogP contribution in [0.3, 0.4) is 0 Å². The molecule has 0 bridgehead atoms. The SMILES string of the molecule is CS/C([S-])=N/N=C/c1cc(Cc2ccc([O-])c(/C=N/N=C(\[S-])SC)c2)ccc1[O-].[K+].[K+].[O-2].[O-2].[O-2].[O-2].[V].[V]. The second-order valence-electron chi connectivity index (χ2n) is 5.55. The Morgan fingerprint density at radius 3 is 1.35 bits per heavy atom. The predicted octanol–water partition coefficient (Wildman–Crippen LogP) is -3.85. The van der Waals surface area contributed by atoms with Crippen LogP contribution >= 0.6 is 23.5 Å². The molecule has 0 atom stereocenters.